The maximum atomic E-state index is 12.7. The lowest BCUT2D eigenvalue weighted by atomic mass is 9.84. The molecule has 0 spiro atoms. The second-order valence-electron chi connectivity index (χ2n) is 7.14. The fourth-order valence-corrected chi connectivity index (χ4v) is 4.68. The summed E-state index contributed by atoms with van der Waals surface area (Å²) in [5.74, 6) is 0.592. The number of anilines is 1. The zero-order valence-electron chi connectivity index (χ0n) is 14.5. The van der Waals surface area contributed by atoms with Crippen LogP contribution in [-0.4, -0.2) is 36.3 Å². The average molecular weight is 431 g/mol. The second-order valence-corrected chi connectivity index (χ2v) is 8.05. The van der Waals surface area contributed by atoms with Crippen LogP contribution in [0, 0.1) is 24.7 Å². The van der Waals surface area contributed by atoms with Crippen molar-refractivity contribution in [3.63, 3.8) is 0 Å². The van der Waals surface area contributed by atoms with Gasteiger partial charge in [-0.3, -0.25) is 9.59 Å². The number of carbonyl (C=O) groups excluding carboxylic acids is 2. The molecule has 3 rings (SSSR count). The molecule has 0 aliphatic heterocycles. The van der Waals surface area contributed by atoms with E-state index >= 15 is 0 Å². The van der Waals surface area contributed by atoms with Crippen molar-refractivity contribution >= 4 is 45.8 Å². The van der Waals surface area contributed by atoms with E-state index in [-0.39, 0.29) is 42.7 Å². The number of rotatable bonds is 4. The highest BCUT2D eigenvalue weighted by Crippen LogP contribution is 2.48. The Morgan fingerprint density at radius 2 is 2.00 bits per heavy atom. The monoisotopic (exact) mass is 429 g/mol. The molecule has 0 radical (unpaired) electrons. The normalized spacial score (nSPS) is 26.9. The summed E-state index contributed by atoms with van der Waals surface area (Å²) in [6.45, 7) is 1.98. The highest BCUT2D eigenvalue weighted by Gasteiger charge is 2.49. The van der Waals surface area contributed by atoms with E-state index in [1.165, 1.54) is 4.90 Å². The summed E-state index contributed by atoms with van der Waals surface area (Å²) in [5.41, 5.74) is 7.98. The van der Waals surface area contributed by atoms with Crippen molar-refractivity contribution in [3.05, 3.63) is 28.2 Å². The predicted octanol–water partition coefficient (Wildman–Crippen LogP) is 2.95. The van der Waals surface area contributed by atoms with Gasteiger partial charge in [-0.25, -0.2) is 0 Å². The maximum absolute atomic E-state index is 12.7. The van der Waals surface area contributed by atoms with Gasteiger partial charge in [0, 0.05) is 23.2 Å². The van der Waals surface area contributed by atoms with Crippen molar-refractivity contribution in [2.75, 3.05) is 18.9 Å². The molecule has 2 aliphatic rings. The summed E-state index contributed by atoms with van der Waals surface area (Å²) in [5, 5.41) is 2.87. The quantitative estimate of drug-likeness (QED) is 0.771. The molecule has 138 valence electrons. The van der Waals surface area contributed by atoms with Gasteiger partial charge in [0.2, 0.25) is 11.8 Å². The molecule has 7 heteroatoms. The number of hydrogen-bond donors (Lipinski definition) is 2. The number of nitrogens with one attached hydrogen (secondary N) is 1. The van der Waals surface area contributed by atoms with E-state index in [0.29, 0.717) is 11.8 Å². The molecule has 4 unspecified atom stereocenters. The summed E-state index contributed by atoms with van der Waals surface area (Å²) in [7, 11) is 1.69. The van der Waals surface area contributed by atoms with Gasteiger partial charge in [0.15, 0.2) is 0 Å². The molecular weight excluding hydrogens is 406 g/mol. The van der Waals surface area contributed by atoms with Crippen molar-refractivity contribution < 1.29 is 9.59 Å². The molecular formula is C18H25BrClN3O2. The van der Waals surface area contributed by atoms with Crippen LogP contribution in [0.5, 0.6) is 0 Å². The summed E-state index contributed by atoms with van der Waals surface area (Å²) >= 11 is 3.40. The average Bonchev–Trinajstić information content (AvgIpc) is 3.10. The number of aryl methyl sites for hydroxylation is 1. The van der Waals surface area contributed by atoms with Crippen LogP contribution in [0.15, 0.2) is 22.7 Å². The molecule has 2 fully saturated rings. The third-order valence-electron chi connectivity index (χ3n) is 5.49. The van der Waals surface area contributed by atoms with Crippen LogP contribution in [0.3, 0.4) is 0 Å². The lowest BCUT2D eigenvalue weighted by Crippen LogP contribution is -2.47. The SMILES string of the molecule is Cc1cc(Br)ccc1NC(=O)CN(C)C(=O)C1C2CCC(C2)C1N.Cl. The van der Waals surface area contributed by atoms with E-state index in [9.17, 15) is 9.59 Å². The van der Waals surface area contributed by atoms with Gasteiger partial charge in [-0.15, -0.1) is 12.4 Å². The predicted molar refractivity (Wildman–Crippen MR) is 105 cm³/mol. The molecule has 25 heavy (non-hydrogen) atoms. The molecule has 1 aromatic rings. The van der Waals surface area contributed by atoms with Gasteiger partial charge in [-0.2, -0.15) is 0 Å². The molecule has 2 saturated carbocycles. The zero-order chi connectivity index (χ0) is 17.4. The Labute approximate surface area is 163 Å². The first kappa shape index (κ1) is 20.2. The van der Waals surface area contributed by atoms with Crippen LogP contribution < -0.4 is 11.1 Å². The van der Waals surface area contributed by atoms with Crippen LogP contribution in [0.4, 0.5) is 5.69 Å². The topological polar surface area (TPSA) is 75.4 Å². The van der Waals surface area contributed by atoms with Crippen molar-refractivity contribution in [3.8, 4) is 0 Å². The van der Waals surface area contributed by atoms with Crippen molar-refractivity contribution in [2.24, 2.45) is 23.5 Å². The minimum Gasteiger partial charge on any atom is -0.336 e. The first-order valence-corrected chi connectivity index (χ1v) is 9.22. The molecule has 2 bridgehead atoms. The summed E-state index contributed by atoms with van der Waals surface area (Å²) in [6, 6.07) is 5.63. The Balaban J connectivity index is 0.00000225. The first-order valence-electron chi connectivity index (χ1n) is 8.43. The number of amides is 2. The molecule has 1 aromatic carbocycles. The van der Waals surface area contributed by atoms with Gasteiger partial charge in [-0.1, -0.05) is 15.9 Å². The van der Waals surface area contributed by atoms with E-state index in [4.69, 9.17) is 5.73 Å². The molecule has 4 atom stereocenters. The number of carbonyl (C=O) groups is 2. The molecule has 2 amide bonds. The summed E-state index contributed by atoms with van der Waals surface area (Å²) in [4.78, 5) is 26.5. The molecule has 2 aliphatic carbocycles. The van der Waals surface area contributed by atoms with Crippen LogP contribution in [-0.2, 0) is 9.59 Å². The van der Waals surface area contributed by atoms with E-state index in [2.05, 4.69) is 21.2 Å². The lowest BCUT2D eigenvalue weighted by Gasteiger charge is -2.30. The number of benzene rings is 1. The fourth-order valence-electron chi connectivity index (χ4n) is 4.21. The van der Waals surface area contributed by atoms with Crippen LogP contribution in [0.2, 0.25) is 0 Å². The van der Waals surface area contributed by atoms with E-state index in [1.807, 2.05) is 25.1 Å². The van der Waals surface area contributed by atoms with Gasteiger partial charge in [0.05, 0.1) is 12.5 Å². The van der Waals surface area contributed by atoms with Gasteiger partial charge >= 0.3 is 0 Å². The van der Waals surface area contributed by atoms with Crippen LogP contribution in [0.25, 0.3) is 0 Å². The van der Waals surface area contributed by atoms with Gasteiger partial charge in [-0.05, 0) is 61.8 Å². The standard InChI is InChI=1S/C18H24BrN3O2.ClH/c1-10-7-13(19)5-6-14(10)21-15(23)9-22(2)18(24)16-11-3-4-12(8-11)17(16)20;/h5-7,11-12,16-17H,3-4,8-9,20H2,1-2H3,(H,21,23);1H. The summed E-state index contributed by atoms with van der Waals surface area (Å²) in [6.07, 6.45) is 3.30. The Bertz CT molecular complexity index is 668. The van der Waals surface area contributed by atoms with Gasteiger partial charge < -0.3 is 16.0 Å². The minimum absolute atomic E-state index is 0. The lowest BCUT2D eigenvalue weighted by molar-refractivity contribution is -0.138. The Kier molecular flexibility index (Phi) is 6.51. The minimum atomic E-state index is -0.187. The number of nitrogens with zero attached hydrogens (tertiary/aromatic N) is 1. The first-order chi connectivity index (χ1) is 11.4. The third-order valence-corrected chi connectivity index (χ3v) is 5.98. The van der Waals surface area contributed by atoms with Crippen LogP contribution in [0.1, 0.15) is 24.8 Å². The Morgan fingerprint density at radius 3 is 2.60 bits per heavy atom. The molecule has 0 heterocycles. The third kappa shape index (κ3) is 4.18. The van der Waals surface area contributed by atoms with E-state index in [1.54, 1.807) is 7.05 Å². The Hall–Kier alpha value is -1.11. The zero-order valence-corrected chi connectivity index (χ0v) is 16.9. The molecule has 5 nitrogen and oxygen atoms in total. The van der Waals surface area contributed by atoms with Crippen molar-refractivity contribution in [1.82, 2.24) is 4.90 Å². The van der Waals surface area contributed by atoms with E-state index < -0.39 is 0 Å². The highest BCUT2D eigenvalue weighted by molar-refractivity contribution is 9.10. The van der Waals surface area contributed by atoms with Crippen molar-refractivity contribution in [1.29, 1.82) is 0 Å². The largest absolute Gasteiger partial charge is 0.336 e. The number of likely N-dealkylation sites (N-methyl/N-ethyl adjacent to an activating group) is 1. The summed E-state index contributed by atoms with van der Waals surface area (Å²) < 4.78 is 0.968. The molecule has 0 saturated heterocycles. The number of nitrogens with two attached hydrogens (primary N) is 1. The second kappa shape index (κ2) is 8.06. The number of fused-ring (bicyclic) bond motifs is 2. The van der Waals surface area contributed by atoms with E-state index in [0.717, 1.165) is 35.0 Å². The van der Waals surface area contributed by atoms with Crippen LogP contribution >= 0.6 is 28.3 Å². The number of hydrogen-bond acceptors (Lipinski definition) is 3. The van der Waals surface area contributed by atoms with Gasteiger partial charge in [0.1, 0.15) is 0 Å². The smallest absolute Gasteiger partial charge is 0.243 e. The van der Waals surface area contributed by atoms with Crippen molar-refractivity contribution in [2.45, 2.75) is 32.2 Å². The van der Waals surface area contributed by atoms with Gasteiger partial charge in [0.25, 0.3) is 0 Å². The molecule has 3 N–H and O–H groups in total. The number of halogens is 2. The Morgan fingerprint density at radius 1 is 1.32 bits per heavy atom. The maximum Gasteiger partial charge on any atom is 0.243 e. The molecule has 0 aromatic heterocycles. The highest BCUT2D eigenvalue weighted by atomic mass is 79.9. The fraction of sp³-hybridized carbons (Fsp3) is 0.556.